The number of nitro benzene ring substituents is 1. The van der Waals surface area contributed by atoms with Crippen molar-refractivity contribution in [3.8, 4) is 0 Å². The van der Waals surface area contributed by atoms with Crippen molar-refractivity contribution in [3.63, 3.8) is 0 Å². The van der Waals surface area contributed by atoms with Crippen molar-refractivity contribution >= 4 is 32.2 Å². The van der Waals surface area contributed by atoms with Crippen molar-refractivity contribution in [1.29, 1.82) is 0 Å². The van der Waals surface area contributed by atoms with Crippen LogP contribution in [0.15, 0.2) is 47.3 Å². The SMILES string of the molecule is O=c1nc(N2CCN(CC(F)(F)c3ccccc3)CC2)sc2c([N+](=O)[O-])cc(C(F)(F)F)cc12. The second-order valence-corrected chi connectivity index (χ2v) is 8.74. The van der Waals surface area contributed by atoms with Crippen molar-refractivity contribution in [2.45, 2.75) is 12.1 Å². The summed E-state index contributed by atoms with van der Waals surface area (Å²) in [6, 6.07) is 8.37. The Morgan fingerprint density at radius 2 is 1.65 bits per heavy atom. The number of alkyl halides is 5. The highest BCUT2D eigenvalue weighted by atomic mass is 32.1. The van der Waals surface area contributed by atoms with E-state index in [0.717, 1.165) is 11.3 Å². The number of piperazine rings is 1. The smallest absolute Gasteiger partial charge is 0.345 e. The second-order valence-electron chi connectivity index (χ2n) is 7.76. The molecule has 1 aliphatic heterocycles. The van der Waals surface area contributed by atoms with E-state index in [4.69, 9.17) is 0 Å². The van der Waals surface area contributed by atoms with Crippen LogP contribution >= 0.6 is 11.3 Å². The van der Waals surface area contributed by atoms with Crippen LogP contribution in [0.1, 0.15) is 11.1 Å². The lowest BCUT2D eigenvalue weighted by molar-refractivity contribution is -0.383. The molecule has 2 heterocycles. The van der Waals surface area contributed by atoms with Crippen molar-refractivity contribution in [2.75, 3.05) is 37.6 Å². The molecule has 1 aliphatic rings. The number of anilines is 1. The number of nitro groups is 1. The Morgan fingerprint density at radius 3 is 2.24 bits per heavy atom. The first-order valence-corrected chi connectivity index (χ1v) is 10.9. The number of fused-ring (bicyclic) bond motifs is 1. The van der Waals surface area contributed by atoms with E-state index < -0.39 is 45.8 Å². The van der Waals surface area contributed by atoms with Crippen molar-refractivity contribution in [3.05, 3.63) is 74.1 Å². The van der Waals surface area contributed by atoms with Crippen LogP contribution in [0.25, 0.3) is 10.1 Å². The Kier molecular flexibility index (Phi) is 6.25. The number of hydrogen-bond donors (Lipinski definition) is 0. The van der Waals surface area contributed by atoms with Crippen LogP contribution in [0.5, 0.6) is 0 Å². The highest BCUT2D eigenvalue weighted by Crippen LogP contribution is 2.38. The molecular formula is C21H17F5N4O3S. The summed E-state index contributed by atoms with van der Waals surface area (Å²) in [4.78, 5) is 29.9. The first-order valence-electron chi connectivity index (χ1n) is 10.1. The monoisotopic (exact) mass is 500 g/mol. The molecule has 0 unspecified atom stereocenters. The minimum Gasteiger partial charge on any atom is -0.345 e. The fourth-order valence-electron chi connectivity index (χ4n) is 3.73. The average molecular weight is 500 g/mol. The lowest BCUT2D eigenvalue weighted by atomic mass is 10.1. The third kappa shape index (κ3) is 4.85. The molecular weight excluding hydrogens is 483 g/mol. The lowest BCUT2D eigenvalue weighted by Gasteiger charge is -2.36. The van der Waals surface area contributed by atoms with Gasteiger partial charge in [0.1, 0.15) is 4.70 Å². The largest absolute Gasteiger partial charge is 0.416 e. The molecule has 180 valence electrons. The van der Waals surface area contributed by atoms with Gasteiger partial charge in [0.25, 0.3) is 17.2 Å². The average Bonchev–Trinajstić information content (AvgIpc) is 2.78. The normalized spacial score (nSPS) is 15.6. The van der Waals surface area contributed by atoms with E-state index in [1.165, 1.54) is 24.3 Å². The zero-order valence-electron chi connectivity index (χ0n) is 17.4. The fourth-order valence-corrected chi connectivity index (χ4v) is 4.84. The summed E-state index contributed by atoms with van der Waals surface area (Å²) in [5, 5.41) is 11.0. The van der Waals surface area contributed by atoms with Gasteiger partial charge in [0.15, 0.2) is 5.13 Å². The molecule has 2 aromatic carbocycles. The van der Waals surface area contributed by atoms with Crippen molar-refractivity contribution < 1.29 is 26.9 Å². The van der Waals surface area contributed by atoms with Crippen LogP contribution in [-0.2, 0) is 12.1 Å². The van der Waals surface area contributed by atoms with Gasteiger partial charge in [-0.25, -0.2) is 0 Å². The molecule has 1 fully saturated rings. The number of nitrogens with zero attached hydrogens (tertiary/aromatic N) is 4. The lowest BCUT2D eigenvalue weighted by Crippen LogP contribution is -2.49. The Hall–Kier alpha value is -3.19. The third-order valence-electron chi connectivity index (χ3n) is 5.48. The summed E-state index contributed by atoms with van der Waals surface area (Å²) in [6.45, 7) is 0.371. The molecule has 0 amide bonds. The quantitative estimate of drug-likeness (QED) is 0.292. The van der Waals surface area contributed by atoms with Gasteiger partial charge < -0.3 is 4.90 Å². The summed E-state index contributed by atoms with van der Waals surface area (Å²) in [6.07, 6.45) is -4.87. The molecule has 0 spiro atoms. The number of non-ortho nitro benzene ring substituents is 1. The van der Waals surface area contributed by atoms with E-state index >= 15 is 0 Å². The molecule has 34 heavy (non-hydrogen) atoms. The highest BCUT2D eigenvalue weighted by Gasteiger charge is 2.36. The van der Waals surface area contributed by atoms with Gasteiger partial charge in [-0.15, -0.1) is 0 Å². The van der Waals surface area contributed by atoms with E-state index in [-0.39, 0.29) is 41.6 Å². The number of benzene rings is 2. The highest BCUT2D eigenvalue weighted by molar-refractivity contribution is 7.22. The molecule has 0 N–H and O–H groups in total. The first kappa shape index (κ1) is 24.0. The van der Waals surface area contributed by atoms with Crippen molar-refractivity contribution in [1.82, 2.24) is 9.88 Å². The van der Waals surface area contributed by atoms with Crippen LogP contribution < -0.4 is 10.5 Å². The van der Waals surface area contributed by atoms with E-state index in [2.05, 4.69) is 4.98 Å². The first-order chi connectivity index (χ1) is 16.0. The van der Waals surface area contributed by atoms with E-state index in [0.29, 0.717) is 12.1 Å². The van der Waals surface area contributed by atoms with Gasteiger partial charge in [-0.2, -0.15) is 26.9 Å². The van der Waals surface area contributed by atoms with Gasteiger partial charge in [-0.3, -0.25) is 19.8 Å². The molecule has 1 aromatic heterocycles. The number of aromatic nitrogens is 1. The minimum atomic E-state index is -4.87. The summed E-state index contributed by atoms with van der Waals surface area (Å²) >= 11 is 0.732. The Labute approximate surface area is 193 Å². The number of rotatable bonds is 5. The maximum absolute atomic E-state index is 14.6. The van der Waals surface area contributed by atoms with Gasteiger partial charge >= 0.3 is 6.18 Å². The van der Waals surface area contributed by atoms with Crippen LogP contribution in [0.2, 0.25) is 0 Å². The predicted octanol–water partition coefficient (Wildman–Crippen LogP) is 4.50. The van der Waals surface area contributed by atoms with Gasteiger partial charge in [-0.05, 0) is 6.07 Å². The summed E-state index contributed by atoms with van der Waals surface area (Å²) < 4.78 is 68.3. The van der Waals surface area contributed by atoms with Gasteiger partial charge in [0, 0.05) is 37.8 Å². The Balaban J connectivity index is 1.57. The number of hydrogen-bond acceptors (Lipinski definition) is 7. The maximum atomic E-state index is 14.6. The molecule has 7 nitrogen and oxygen atoms in total. The van der Waals surface area contributed by atoms with E-state index in [1.807, 2.05) is 0 Å². The Morgan fingerprint density at radius 1 is 1.00 bits per heavy atom. The zero-order valence-corrected chi connectivity index (χ0v) is 18.2. The molecule has 0 bridgehead atoms. The van der Waals surface area contributed by atoms with Crippen LogP contribution in [0.3, 0.4) is 0 Å². The topological polar surface area (TPSA) is 79.6 Å². The fraction of sp³-hybridized carbons (Fsp3) is 0.333. The predicted molar refractivity (Wildman–Crippen MR) is 117 cm³/mol. The molecule has 3 aromatic rings. The molecule has 0 aliphatic carbocycles. The summed E-state index contributed by atoms with van der Waals surface area (Å²) in [7, 11) is 0. The Bertz CT molecular complexity index is 1280. The molecule has 0 atom stereocenters. The van der Waals surface area contributed by atoms with Gasteiger partial charge in [0.2, 0.25) is 0 Å². The molecule has 13 heteroatoms. The molecule has 1 saturated heterocycles. The van der Waals surface area contributed by atoms with Gasteiger partial charge in [0.05, 0.1) is 22.4 Å². The van der Waals surface area contributed by atoms with Gasteiger partial charge in [-0.1, -0.05) is 41.7 Å². The standard InChI is InChI=1S/C21H17F5N4O3S/c22-20(23,13-4-2-1-3-5-13)12-28-6-8-29(9-7-28)19-27-18(31)15-10-14(21(24,25)26)11-16(30(32)33)17(15)34-19/h1-5,10-11H,6-9,12H2. The summed E-state index contributed by atoms with van der Waals surface area (Å²) in [5.41, 5.74) is -3.26. The van der Waals surface area contributed by atoms with Crippen LogP contribution in [0.4, 0.5) is 32.8 Å². The summed E-state index contributed by atoms with van der Waals surface area (Å²) in [5.74, 6) is -3.06. The number of halogens is 5. The van der Waals surface area contributed by atoms with Crippen LogP contribution in [0, 0.1) is 10.1 Å². The molecule has 0 radical (unpaired) electrons. The zero-order chi connectivity index (χ0) is 24.7. The molecule has 0 saturated carbocycles. The minimum absolute atomic E-state index is 0.0924. The second kappa shape index (κ2) is 8.87. The van der Waals surface area contributed by atoms with E-state index in [1.54, 1.807) is 15.9 Å². The maximum Gasteiger partial charge on any atom is 0.416 e. The van der Waals surface area contributed by atoms with Crippen molar-refractivity contribution in [2.24, 2.45) is 0 Å². The third-order valence-corrected chi connectivity index (χ3v) is 6.64. The van der Waals surface area contributed by atoms with E-state index in [9.17, 15) is 36.9 Å². The molecule has 4 rings (SSSR count). The van der Waals surface area contributed by atoms with Crippen LogP contribution in [-0.4, -0.2) is 47.5 Å².